The molecule has 8 nitrogen and oxygen atoms in total. The van der Waals surface area contributed by atoms with Crippen LogP contribution in [-0.2, 0) is 6.54 Å². The molecule has 4 aromatic rings. The van der Waals surface area contributed by atoms with E-state index in [9.17, 15) is 18.8 Å². The number of thiazole rings is 1. The summed E-state index contributed by atoms with van der Waals surface area (Å²) in [5.74, 6) is -1.58. The second kappa shape index (κ2) is 8.44. The van der Waals surface area contributed by atoms with Gasteiger partial charge in [0.25, 0.3) is 17.4 Å². The number of nitrogens with zero attached hydrogens (tertiary/aromatic N) is 3. The summed E-state index contributed by atoms with van der Waals surface area (Å²) in [6.07, 6.45) is 0. The number of nitrogens with one attached hydrogen (secondary N) is 2. The van der Waals surface area contributed by atoms with Gasteiger partial charge in [0.2, 0.25) is 4.96 Å². The standard InChI is InChI=1S/C21H16FN5O3S/c1-12-18(28)25-21-27(26-12)16(19(29)23-11-13-5-3-2-4-6-13)17(31-21)20(30)24-15-9-7-14(22)8-10-15/h2-10H,11H2,1H3,(H,23,29)(H,24,30). The predicted octanol–water partition coefficient (Wildman–Crippen LogP) is 2.78. The van der Waals surface area contributed by atoms with Crippen LogP contribution in [0.2, 0.25) is 0 Å². The van der Waals surface area contributed by atoms with Crippen molar-refractivity contribution in [2.24, 2.45) is 0 Å². The fraction of sp³-hybridized carbons (Fsp3) is 0.0952. The van der Waals surface area contributed by atoms with Gasteiger partial charge in [-0.2, -0.15) is 14.6 Å². The highest BCUT2D eigenvalue weighted by atomic mass is 32.1. The molecule has 10 heteroatoms. The number of carbonyl (C=O) groups excluding carboxylic acids is 2. The Kier molecular flexibility index (Phi) is 5.54. The first-order chi connectivity index (χ1) is 14.9. The van der Waals surface area contributed by atoms with E-state index in [-0.39, 0.29) is 27.8 Å². The van der Waals surface area contributed by atoms with Gasteiger partial charge in [-0.25, -0.2) is 4.39 Å². The maximum atomic E-state index is 13.1. The molecule has 0 unspecified atom stereocenters. The van der Waals surface area contributed by atoms with Crippen molar-refractivity contribution in [2.75, 3.05) is 5.32 Å². The normalized spacial score (nSPS) is 10.8. The van der Waals surface area contributed by atoms with Gasteiger partial charge in [-0.3, -0.25) is 14.4 Å². The molecule has 2 aromatic heterocycles. The SMILES string of the molecule is Cc1nn2c(C(=O)NCc3ccccc3)c(C(=O)Nc3ccc(F)cc3)sc2nc1=O. The van der Waals surface area contributed by atoms with Gasteiger partial charge in [-0.15, -0.1) is 0 Å². The van der Waals surface area contributed by atoms with Gasteiger partial charge in [-0.05, 0) is 36.8 Å². The number of hydrogen-bond acceptors (Lipinski definition) is 6. The lowest BCUT2D eigenvalue weighted by atomic mass is 10.2. The molecule has 4 rings (SSSR count). The molecule has 0 atom stereocenters. The molecule has 0 aliphatic carbocycles. The number of hydrogen-bond donors (Lipinski definition) is 2. The number of carbonyl (C=O) groups is 2. The van der Waals surface area contributed by atoms with Crippen LogP contribution < -0.4 is 16.2 Å². The zero-order chi connectivity index (χ0) is 22.0. The Morgan fingerprint density at radius 2 is 1.77 bits per heavy atom. The van der Waals surface area contributed by atoms with Crippen molar-refractivity contribution in [1.82, 2.24) is 19.9 Å². The van der Waals surface area contributed by atoms with Crippen molar-refractivity contribution in [1.29, 1.82) is 0 Å². The Bertz CT molecular complexity index is 1330. The molecule has 2 heterocycles. The summed E-state index contributed by atoms with van der Waals surface area (Å²) in [6.45, 7) is 1.71. The van der Waals surface area contributed by atoms with Crippen LogP contribution in [0.25, 0.3) is 4.96 Å². The summed E-state index contributed by atoms with van der Waals surface area (Å²) >= 11 is 0.870. The fourth-order valence-corrected chi connectivity index (χ4v) is 3.78. The molecule has 2 N–H and O–H groups in total. The molecule has 0 saturated heterocycles. The van der Waals surface area contributed by atoms with Crippen LogP contribution in [0.1, 0.15) is 31.4 Å². The average Bonchev–Trinajstić information content (AvgIpc) is 3.13. The monoisotopic (exact) mass is 437 g/mol. The maximum absolute atomic E-state index is 13.1. The van der Waals surface area contributed by atoms with Crippen LogP contribution in [0.15, 0.2) is 59.4 Å². The number of halogens is 1. The first-order valence-electron chi connectivity index (χ1n) is 9.22. The van der Waals surface area contributed by atoms with Crippen LogP contribution in [0.4, 0.5) is 10.1 Å². The lowest BCUT2D eigenvalue weighted by molar-refractivity contribution is 0.0932. The van der Waals surface area contributed by atoms with E-state index in [0.29, 0.717) is 5.69 Å². The van der Waals surface area contributed by atoms with Gasteiger partial charge < -0.3 is 10.6 Å². The third-order valence-electron chi connectivity index (χ3n) is 4.38. The summed E-state index contributed by atoms with van der Waals surface area (Å²) in [4.78, 5) is 41.9. The van der Waals surface area contributed by atoms with Gasteiger partial charge in [-0.1, -0.05) is 41.7 Å². The van der Waals surface area contributed by atoms with Crippen molar-refractivity contribution in [3.63, 3.8) is 0 Å². The Morgan fingerprint density at radius 3 is 2.48 bits per heavy atom. The zero-order valence-corrected chi connectivity index (χ0v) is 17.1. The molecule has 0 aliphatic heterocycles. The average molecular weight is 437 g/mol. The molecule has 31 heavy (non-hydrogen) atoms. The van der Waals surface area contributed by atoms with E-state index in [2.05, 4.69) is 20.7 Å². The summed E-state index contributed by atoms with van der Waals surface area (Å²) in [5.41, 5.74) is 0.750. The van der Waals surface area contributed by atoms with E-state index in [1.54, 1.807) is 0 Å². The fourth-order valence-electron chi connectivity index (χ4n) is 2.83. The van der Waals surface area contributed by atoms with Crippen molar-refractivity contribution in [3.8, 4) is 0 Å². The number of rotatable bonds is 5. The smallest absolute Gasteiger partial charge is 0.295 e. The minimum atomic E-state index is -0.598. The Hall–Kier alpha value is -3.92. The van der Waals surface area contributed by atoms with Gasteiger partial charge in [0.05, 0.1) is 0 Å². The van der Waals surface area contributed by atoms with E-state index in [1.165, 1.54) is 35.7 Å². The largest absolute Gasteiger partial charge is 0.347 e. The zero-order valence-electron chi connectivity index (χ0n) is 16.3. The quantitative estimate of drug-likeness (QED) is 0.500. The first kappa shape index (κ1) is 20.4. The highest BCUT2D eigenvalue weighted by molar-refractivity contribution is 7.19. The summed E-state index contributed by atoms with van der Waals surface area (Å²) in [6, 6.07) is 14.5. The van der Waals surface area contributed by atoms with Crippen LogP contribution in [0.5, 0.6) is 0 Å². The Balaban J connectivity index is 1.71. The summed E-state index contributed by atoms with van der Waals surface area (Å²) < 4.78 is 14.3. The van der Waals surface area contributed by atoms with Crippen molar-refractivity contribution in [3.05, 3.63) is 92.6 Å². The molecule has 0 spiro atoms. The number of aryl methyl sites for hydroxylation is 1. The molecule has 2 aromatic carbocycles. The number of fused-ring (bicyclic) bond motifs is 1. The summed E-state index contributed by atoms with van der Waals surface area (Å²) in [7, 11) is 0. The van der Waals surface area contributed by atoms with E-state index in [0.717, 1.165) is 16.9 Å². The number of benzene rings is 2. The molecular weight excluding hydrogens is 421 g/mol. The van der Waals surface area contributed by atoms with Gasteiger partial charge in [0, 0.05) is 12.2 Å². The number of anilines is 1. The second-order valence-electron chi connectivity index (χ2n) is 6.61. The third-order valence-corrected chi connectivity index (χ3v) is 5.41. The van der Waals surface area contributed by atoms with Gasteiger partial charge in [0.1, 0.15) is 16.4 Å². The van der Waals surface area contributed by atoms with E-state index in [1.807, 2.05) is 30.3 Å². The first-order valence-corrected chi connectivity index (χ1v) is 10.0. The van der Waals surface area contributed by atoms with E-state index >= 15 is 0 Å². The van der Waals surface area contributed by atoms with Crippen LogP contribution in [-0.4, -0.2) is 26.4 Å². The molecule has 0 bridgehead atoms. The van der Waals surface area contributed by atoms with Gasteiger partial charge >= 0.3 is 0 Å². The van der Waals surface area contributed by atoms with Crippen molar-refractivity contribution < 1.29 is 14.0 Å². The Labute approximate surface area is 179 Å². The molecule has 156 valence electrons. The minimum absolute atomic E-state index is 0.0277. The number of aromatic nitrogens is 3. The van der Waals surface area contributed by atoms with Crippen molar-refractivity contribution in [2.45, 2.75) is 13.5 Å². The predicted molar refractivity (Wildman–Crippen MR) is 114 cm³/mol. The minimum Gasteiger partial charge on any atom is -0.347 e. The molecule has 0 aliphatic rings. The maximum Gasteiger partial charge on any atom is 0.295 e. The Morgan fingerprint density at radius 1 is 1.06 bits per heavy atom. The number of amides is 2. The molecule has 0 fully saturated rings. The molecule has 0 radical (unpaired) electrons. The third kappa shape index (κ3) is 4.33. The second-order valence-corrected chi connectivity index (χ2v) is 7.58. The van der Waals surface area contributed by atoms with Crippen molar-refractivity contribution >= 4 is 33.8 Å². The lowest BCUT2D eigenvalue weighted by Crippen LogP contribution is -2.28. The molecular formula is C21H16FN5O3S. The van der Waals surface area contributed by atoms with Crippen LogP contribution in [0.3, 0.4) is 0 Å². The highest BCUT2D eigenvalue weighted by Crippen LogP contribution is 2.23. The molecule has 0 saturated carbocycles. The molecule has 2 amide bonds. The summed E-state index contributed by atoms with van der Waals surface area (Å²) in [5, 5.41) is 9.52. The lowest BCUT2D eigenvalue weighted by Gasteiger charge is -2.08. The van der Waals surface area contributed by atoms with E-state index in [4.69, 9.17) is 0 Å². The van der Waals surface area contributed by atoms with Gasteiger partial charge in [0.15, 0.2) is 5.69 Å². The highest BCUT2D eigenvalue weighted by Gasteiger charge is 2.26. The van der Waals surface area contributed by atoms with Crippen LogP contribution in [0, 0.1) is 12.7 Å². The van der Waals surface area contributed by atoms with Crippen LogP contribution >= 0.6 is 11.3 Å². The van der Waals surface area contributed by atoms with E-state index < -0.39 is 23.2 Å². The topological polar surface area (TPSA) is 105 Å².